The van der Waals surface area contributed by atoms with Crippen LogP contribution in [0.15, 0.2) is 0 Å². The van der Waals surface area contributed by atoms with E-state index in [1.165, 1.54) is 0 Å². The van der Waals surface area contributed by atoms with Gasteiger partial charge < -0.3 is 0 Å². The molecule has 0 saturated carbocycles. The Hall–Kier alpha value is -2.73. The number of carbonyl (C=O) groups excluding carboxylic acids is 1. The topological polar surface area (TPSA) is 190 Å². The van der Waals surface area contributed by atoms with Gasteiger partial charge in [-0.05, 0) is 0 Å². The average molecular weight is 294 g/mol. The Kier molecular flexibility index (Phi) is 4.75. The van der Waals surface area contributed by atoms with Crippen LogP contribution in [0, 0.1) is 40.5 Å². The quantitative estimate of drug-likeness (QED) is 0.333. The number of rotatable bonds is 8. The third-order valence-electron chi connectivity index (χ3n) is 2.64. The second-order valence-electron chi connectivity index (χ2n) is 4.35. The second kappa shape index (κ2) is 5.50. The summed E-state index contributed by atoms with van der Waals surface area (Å²) in [5.41, 5.74) is -5.77. The molecule has 0 rings (SSSR count). The molecule has 0 amide bonds. The van der Waals surface area contributed by atoms with Gasteiger partial charge in [-0.2, -0.15) is 0 Å². The highest BCUT2D eigenvalue weighted by Gasteiger charge is 2.57. The van der Waals surface area contributed by atoms with Crippen molar-refractivity contribution in [3.8, 4) is 0 Å². The number of nitrogens with zero attached hydrogens (tertiary/aromatic N) is 4. The summed E-state index contributed by atoms with van der Waals surface area (Å²) in [5.74, 6) is -1.32. The lowest BCUT2D eigenvalue weighted by Crippen LogP contribution is -2.49. The van der Waals surface area contributed by atoms with Gasteiger partial charge in [0.2, 0.25) is 0 Å². The molecular formula is C7H10N4O9. The molecule has 0 atom stereocenters. The van der Waals surface area contributed by atoms with Crippen LogP contribution in [0.2, 0.25) is 0 Å². The molecule has 0 aromatic rings. The highest BCUT2D eigenvalue weighted by molar-refractivity contribution is 5.79. The van der Waals surface area contributed by atoms with Gasteiger partial charge in [0.15, 0.2) is 5.78 Å². The maximum atomic E-state index is 11.5. The maximum absolute atomic E-state index is 11.5. The molecule has 0 aliphatic heterocycles. The number of Topliss-reactive ketones (excluding diaryl/α,β-unsaturated/α-hetero) is 1. The average Bonchev–Trinajstić information content (AvgIpc) is 2.27. The Morgan fingerprint density at radius 2 is 0.950 bits per heavy atom. The predicted octanol–water partition coefficient (Wildman–Crippen LogP) is -0.125. The summed E-state index contributed by atoms with van der Waals surface area (Å²) in [7, 11) is 0. The minimum absolute atomic E-state index is 0.542. The van der Waals surface area contributed by atoms with Crippen LogP contribution < -0.4 is 0 Å². The van der Waals surface area contributed by atoms with Crippen molar-refractivity contribution in [1.82, 2.24) is 0 Å². The molecule has 112 valence electrons. The Morgan fingerprint density at radius 1 is 0.750 bits per heavy atom. The normalized spacial score (nSPS) is 11.7. The van der Waals surface area contributed by atoms with E-state index in [4.69, 9.17) is 0 Å². The van der Waals surface area contributed by atoms with Gasteiger partial charge in [0.05, 0.1) is 33.5 Å². The predicted molar refractivity (Wildman–Crippen MR) is 59.0 cm³/mol. The molecule has 0 spiro atoms. The lowest BCUT2D eigenvalue weighted by atomic mass is 9.99. The zero-order chi connectivity index (χ0) is 16.3. The van der Waals surface area contributed by atoms with Crippen LogP contribution in [-0.4, -0.2) is 36.8 Å². The van der Waals surface area contributed by atoms with Gasteiger partial charge in [-0.1, -0.05) is 0 Å². The summed E-state index contributed by atoms with van der Waals surface area (Å²) in [6.07, 6.45) is -2.57. The van der Waals surface area contributed by atoms with Crippen molar-refractivity contribution in [2.24, 2.45) is 0 Å². The van der Waals surface area contributed by atoms with E-state index in [2.05, 4.69) is 0 Å². The van der Waals surface area contributed by atoms with E-state index < -0.39 is 49.6 Å². The minimum atomic E-state index is -2.88. The van der Waals surface area contributed by atoms with E-state index in [9.17, 15) is 45.3 Å². The molecule has 0 aliphatic carbocycles. The van der Waals surface area contributed by atoms with E-state index >= 15 is 0 Å². The summed E-state index contributed by atoms with van der Waals surface area (Å²) in [6.45, 7) is 1.08. The summed E-state index contributed by atoms with van der Waals surface area (Å²) in [6, 6.07) is 0. The third kappa shape index (κ3) is 3.18. The van der Waals surface area contributed by atoms with Crippen LogP contribution in [0.4, 0.5) is 0 Å². The van der Waals surface area contributed by atoms with Crippen molar-refractivity contribution >= 4 is 5.78 Å². The van der Waals surface area contributed by atoms with Gasteiger partial charge in [0.1, 0.15) is 12.8 Å². The fourth-order valence-corrected chi connectivity index (χ4v) is 1.20. The van der Waals surface area contributed by atoms with Gasteiger partial charge in [-0.15, -0.1) is 0 Å². The van der Waals surface area contributed by atoms with Crippen LogP contribution >= 0.6 is 0 Å². The number of hydrogen-bond acceptors (Lipinski definition) is 9. The lowest BCUT2D eigenvalue weighted by Gasteiger charge is -2.14. The fraction of sp³-hybridized carbons (Fsp3) is 0.857. The molecular weight excluding hydrogens is 284 g/mol. The zero-order valence-corrected chi connectivity index (χ0v) is 10.4. The Labute approximate surface area is 110 Å². The van der Waals surface area contributed by atoms with Gasteiger partial charge in [0.25, 0.3) is 0 Å². The van der Waals surface area contributed by atoms with Crippen molar-refractivity contribution in [2.45, 2.75) is 38.0 Å². The first-order valence-corrected chi connectivity index (χ1v) is 4.97. The first-order chi connectivity index (χ1) is 8.87. The van der Waals surface area contributed by atoms with Crippen LogP contribution in [0.1, 0.15) is 26.7 Å². The molecule has 13 heteroatoms. The van der Waals surface area contributed by atoms with E-state index in [0.29, 0.717) is 13.8 Å². The number of nitro groups is 4. The molecule has 0 saturated heterocycles. The molecule has 0 aromatic carbocycles. The Balaban J connectivity index is 5.22. The van der Waals surface area contributed by atoms with Crippen molar-refractivity contribution < 1.29 is 24.5 Å². The van der Waals surface area contributed by atoms with E-state index in [-0.39, 0.29) is 0 Å². The molecule has 0 fully saturated rings. The fourth-order valence-electron chi connectivity index (χ4n) is 1.20. The van der Waals surface area contributed by atoms with Crippen molar-refractivity contribution in [1.29, 1.82) is 0 Å². The van der Waals surface area contributed by atoms with E-state index in [0.717, 1.165) is 0 Å². The third-order valence-corrected chi connectivity index (χ3v) is 2.64. The summed E-state index contributed by atoms with van der Waals surface area (Å²) in [5, 5.41) is 42.3. The Bertz CT molecular complexity index is 417. The first kappa shape index (κ1) is 17.3. The first-order valence-electron chi connectivity index (χ1n) is 4.97. The van der Waals surface area contributed by atoms with Crippen LogP contribution in [-0.2, 0) is 4.79 Å². The molecule has 0 radical (unpaired) electrons. The van der Waals surface area contributed by atoms with Crippen molar-refractivity contribution in [2.75, 3.05) is 0 Å². The molecule has 0 aromatic heterocycles. The summed E-state index contributed by atoms with van der Waals surface area (Å²) in [4.78, 5) is 48.4. The molecule has 13 nitrogen and oxygen atoms in total. The van der Waals surface area contributed by atoms with E-state index in [1.807, 2.05) is 0 Å². The highest BCUT2D eigenvalue weighted by atomic mass is 16.7. The molecule has 20 heavy (non-hydrogen) atoms. The van der Waals surface area contributed by atoms with Gasteiger partial charge in [-0.3, -0.25) is 45.3 Å². The molecule has 0 N–H and O–H groups in total. The zero-order valence-electron chi connectivity index (χ0n) is 10.4. The minimum Gasteiger partial charge on any atom is -0.298 e. The number of ketones is 1. The highest BCUT2D eigenvalue weighted by Crippen LogP contribution is 2.22. The van der Waals surface area contributed by atoms with Crippen LogP contribution in [0.5, 0.6) is 0 Å². The van der Waals surface area contributed by atoms with Crippen molar-refractivity contribution in [3.05, 3.63) is 40.5 Å². The maximum Gasteiger partial charge on any atom is 0.462 e. The molecule has 0 heterocycles. The van der Waals surface area contributed by atoms with Gasteiger partial charge in [-0.25, -0.2) is 0 Å². The SMILES string of the molecule is CC(CC(=O)CC(C)([N+](=O)[O-])[N+](=O)[O-])([N+](=O)[O-])[N+](=O)[O-]. The number of hydrogen-bond donors (Lipinski definition) is 0. The van der Waals surface area contributed by atoms with Crippen molar-refractivity contribution in [3.63, 3.8) is 0 Å². The summed E-state index contributed by atoms with van der Waals surface area (Å²) >= 11 is 0. The molecule has 0 bridgehead atoms. The lowest BCUT2D eigenvalue weighted by molar-refractivity contribution is -0.793. The smallest absolute Gasteiger partial charge is 0.298 e. The number of carbonyl (C=O) groups is 1. The molecule has 0 unspecified atom stereocenters. The molecule has 0 aliphatic rings. The largest absolute Gasteiger partial charge is 0.462 e. The van der Waals surface area contributed by atoms with Gasteiger partial charge in [0, 0.05) is 0 Å². The van der Waals surface area contributed by atoms with E-state index in [1.54, 1.807) is 0 Å². The monoisotopic (exact) mass is 294 g/mol. The summed E-state index contributed by atoms with van der Waals surface area (Å²) < 4.78 is 0. The Morgan fingerprint density at radius 3 is 1.10 bits per heavy atom. The standard InChI is InChI=1S/C7H10N4O9/c1-6(8(13)14,9(15)16)3-5(12)4-7(2,10(17)18)11(19)20/h3-4H2,1-2H3. The van der Waals surface area contributed by atoms with Gasteiger partial charge >= 0.3 is 11.3 Å². The van der Waals surface area contributed by atoms with Crippen LogP contribution in [0.3, 0.4) is 0 Å². The second-order valence-corrected chi connectivity index (χ2v) is 4.35. The van der Waals surface area contributed by atoms with Crippen LogP contribution in [0.25, 0.3) is 0 Å².